The zero-order chi connectivity index (χ0) is 15.0. The lowest BCUT2D eigenvalue weighted by atomic mass is 9.94. The summed E-state index contributed by atoms with van der Waals surface area (Å²) < 4.78 is 14.5. The second-order valence-electron chi connectivity index (χ2n) is 5.77. The van der Waals surface area contributed by atoms with Crippen LogP contribution in [0.5, 0.6) is 0 Å². The van der Waals surface area contributed by atoms with Gasteiger partial charge >= 0.3 is 0 Å². The highest BCUT2D eigenvalue weighted by Crippen LogP contribution is 2.35. The molecule has 2 aliphatic rings. The Bertz CT molecular complexity index is 569. The summed E-state index contributed by atoms with van der Waals surface area (Å²) in [6.45, 7) is 0.605. The summed E-state index contributed by atoms with van der Waals surface area (Å²) >= 11 is 3.26. The van der Waals surface area contributed by atoms with E-state index in [0.29, 0.717) is 17.4 Å². The standard InChI is InChI=1S/C16H17BrFNO2/c17-11-5-2-6-12(18)15(11)16(21)19-9-3-7-13(19)10-4-1-8-14(10)20/h2,5-6,10,13H,1,3-4,7-9H2. The number of carbonyl (C=O) groups is 2. The van der Waals surface area contributed by atoms with Crippen LogP contribution in [-0.2, 0) is 4.79 Å². The third-order valence-corrected chi connectivity index (χ3v) is 5.21. The number of hydrogen-bond acceptors (Lipinski definition) is 2. The number of rotatable bonds is 2. The van der Waals surface area contributed by atoms with Gasteiger partial charge < -0.3 is 4.90 Å². The number of ketones is 1. The molecule has 2 unspecified atom stereocenters. The molecule has 1 aromatic carbocycles. The number of benzene rings is 1. The normalized spacial score (nSPS) is 25.6. The van der Waals surface area contributed by atoms with Crippen LogP contribution in [0.3, 0.4) is 0 Å². The van der Waals surface area contributed by atoms with E-state index in [1.165, 1.54) is 6.07 Å². The molecule has 0 bridgehead atoms. The van der Waals surface area contributed by atoms with Crippen molar-refractivity contribution in [2.75, 3.05) is 6.54 Å². The highest BCUT2D eigenvalue weighted by Gasteiger charge is 2.41. The number of hydrogen-bond donors (Lipinski definition) is 0. The molecule has 3 nitrogen and oxygen atoms in total. The van der Waals surface area contributed by atoms with Crippen LogP contribution < -0.4 is 0 Å². The van der Waals surface area contributed by atoms with Crippen LogP contribution in [0.4, 0.5) is 4.39 Å². The van der Waals surface area contributed by atoms with Crippen LogP contribution in [0.2, 0.25) is 0 Å². The van der Waals surface area contributed by atoms with Gasteiger partial charge in [-0.05, 0) is 53.7 Å². The smallest absolute Gasteiger partial charge is 0.258 e. The third-order valence-electron chi connectivity index (χ3n) is 4.55. The predicted molar refractivity (Wildman–Crippen MR) is 80.5 cm³/mol. The molecule has 1 amide bonds. The van der Waals surface area contributed by atoms with Gasteiger partial charge in [0.1, 0.15) is 11.6 Å². The summed E-state index contributed by atoms with van der Waals surface area (Å²) in [6.07, 6.45) is 4.10. The van der Waals surface area contributed by atoms with Gasteiger partial charge in [-0.15, -0.1) is 0 Å². The van der Waals surface area contributed by atoms with Crippen molar-refractivity contribution in [2.45, 2.75) is 38.1 Å². The fourth-order valence-corrected chi connectivity index (χ4v) is 4.07. The fraction of sp³-hybridized carbons (Fsp3) is 0.500. The molecule has 112 valence electrons. The van der Waals surface area contributed by atoms with E-state index in [9.17, 15) is 14.0 Å². The Labute approximate surface area is 131 Å². The van der Waals surface area contributed by atoms with E-state index >= 15 is 0 Å². The molecule has 1 aromatic rings. The van der Waals surface area contributed by atoms with E-state index in [4.69, 9.17) is 0 Å². The molecule has 1 saturated heterocycles. The zero-order valence-corrected chi connectivity index (χ0v) is 13.2. The van der Waals surface area contributed by atoms with Gasteiger partial charge in [0.05, 0.1) is 5.56 Å². The van der Waals surface area contributed by atoms with Crippen LogP contribution in [0.15, 0.2) is 22.7 Å². The third kappa shape index (κ3) is 2.63. The summed E-state index contributed by atoms with van der Waals surface area (Å²) in [5.41, 5.74) is 0.0786. The van der Waals surface area contributed by atoms with Crippen molar-refractivity contribution in [1.82, 2.24) is 4.90 Å². The summed E-state index contributed by atoms with van der Waals surface area (Å²) in [4.78, 5) is 26.4. The van der Waals surface area contributed by atoms with E-state index in [1.807, 2.05) is 0 Å². The number of Topliss-reactive ketones (excluding diaryl/α,β-unsaturated/α-hetero) is 1. The van der Waals surface area contributed by atoms with Crippen molar-refractivity contribution in [2.24, 2.45) is 5.92 Å². The van der Waals surface area contributed by atoms with Gasteiger partial charge in [0.25, 0.3) is 5.91 Å². The van der Waals surface area contributed by atoms with Gasteiger partial charge in [-0.3, -0.25) is 9.59 Å². The van der Waals surface area contributed by atoms with E-state index in [1.54, 1.807) is 17.0 Å². The maximum Gasteiger partial charge on any atom is 0.258 e. The Balaban J connectivity index is 1.88. The Hall–Kier alpha value is -1.23. The van der Waals surface area contributed by atoms with Crippen molar-refractivity contribution in [1.29, 1.82) is 0 Å². The summed E-state index contributed by atoms with van der Waals surface area (Å²) in [5, 5.41) is 0. The largest absolute Gasteiger partial charge is 0.335 e. The number of likely N-dealkylation sites (tertiary alicyclic amines) is 1. The molecule has 0 spiro atoms. The average Bonchev–Trinajstić information content (AvgIpc) is 3.06. The second kappa shape index (κ2) is 5.87. The topological polar surface area (TPSA) is 37.4 Å². The van der Waals surface area contributed by atoms with Crippen LogP contribution >= 0.6 is 15.9 Å². The first-order chi connectivity index (χ1) is 10.1. The average molecular weight is 354 g/mol. The molecule has 1 saturated carbocycles. The molecule has 1 aliphatic heterocycles. The molecule has 1 aliphatic carbocycles. The van der Waals surface area contributed by atoms with Crippen LogP contribution in [0.1, 0.15) is 42.5 Å². The van der Waals surface area contributed by atoms with E-state index in [0.717, 1.165) is 25.7 Å². The Morgan fingerprint density at radius 3 is 2.76 bits per heavy atom. The van der Waals surface area contributed by atoms with Crippen LogP contribution in [0, 0.1) is 11.7 Å². The fourth-order valence-electron chi connectivity index (χ4n) is 3.56. The molecule has 2 fully saturated rings. The summed E-state index contributed by atoms with van der Waals surface area (Å²) in [7, 11) is 0. The predicted octanol–water partition coefficient (Wildman–Crippen LogP) is 3.56. The first-order valence-electron chi connectivity index (χ1n) is 7.37. The van der Waals surface area contributed by atoms with Crippen molar-refractivity contribution in [3.63, 3.8) is 0 Å². The molecule has 0 radical (unpaired) electrons. The minimum atomic E-state index is -0.516. The van der Waals surface area contributed by atoms with Gasteiger partial charge in [0, 0.05) is 29.4 Å². The molecular weight excluding hydrogens is 337 g/mol. The molecule has 2 atom stereocenters. The van der Waals surface area contributed by atoms with Gasteiger partial charge in [0.2, 0.25) is 0 Å². The monoisotopic (exact) mass is 353 g/mol. The Kier molecular flexibility index (Phi) is 4.11. The van der Waals surface area contributed by atoms with Crippen molar-refractivity contribution in [3.05, 3.63) is 34.1 Å². The number of halogens is 2. The zero-order valence-electron chi connectivity index (χ0n) is 11.6. The number of amides is 1. The van der Waals surface area contributed by atoms with E-state index in [-0.39, 0.29) is 29.2 Å². The minimum absolute atomic E-state index is 0.0537. The summed E-state index contributed by atoms with van der Waals surface area (Å²) in [6, 6.07) is 4.48. The first-order valence-corrected chi connectivity index (χ1v) is 8.16. The minimum Gasteiger partial charge on any atom is -0.335 e. The maximum absolute atomic E-state index is 14.0. The quantitative estimate of drug-likeness (QED) is 0.814. The van der Waals surface area contributed by atoms with Gasteiger partial charge in [-0.1, -0.05) is 6.07 Å². The van der Waals surface area contributed by atoms with Gasteiger partial charge in [-0.2, -0.15) is 0 Å². The van der Waals surface area contributed by atoms with Gasteiger partial charge in [-0.25, -0.2) is 4.39 Å². The second-order valence-corrected chi connectivity index (χ2v) is 6.62. The lowest BCUT2D eigenvalue weighted by Crippen LogP contribution is -2.41. The SMILES string of the molecule is O=C1CCCC1C1CCCN1C(=O)c1c(F)cccc1Br. The van der Waals surface area contributed by atoms with Crippen LogP contribution in [-0.4, -0.2) is 29.2 Å². The lowest BCUT2D eigenvalue weighted by molar-refractivity contribution is -0.121. The maximum atomic E-state index is 14.0. The molecule has 0 aromatic heterocycles. The molecule has 5 heteroatoms. The van der Waals surface area contributed by atoms with E-state index in [2.05, 4.69) is 15.9 Å². The molecular formula is C16H17BrFNO2. The lowest BCUT2D eigenvalue weighted by Gasteiger charge is -2.29. The van der Waals surface area contributed by atoms with Crippen LogP contribution in [0.25, 0.3) is 0 Å². The highest BCUT2D eigenvalue weighted by molar-refractivity contribution is 9.10. The van der Waals surface area contributed by atoms with E-state index < -0.39 is 5.82 Å². The highest BCUT2D eigenvalue weighted by atomic mass is 79.9. The molecule has 21 heavy (non-hydrogen) atoms. The van der Waals surface area contributed by atoms with Crippen molar-refractivity contribution < 1.29 is 14.0 Å². The molecule has 0 N–H and O–H groups in total. The number of carbonyl (C=O) groups excluding carboxylic acids is 2. The Morgan fingerprint density at radius 2 is 2.10 bits per heavy atom. The molecule has 1 heterocycles. The van der Waals surface area contributed by atoms with Crippen molar-refractivity contribution in [3.8, 4) is 0 Å². The molecule has 3 rings (SSSR count). The van der Waals surface area contributed by atoms with Crippen molar-refractivity contribution >= 4 is 27.6 Å². The first kappa shape index (κ1) is 14.7. The summed E-state index contributed by atoms with van der Waals surface area (Å²) in [5.74, 6) is -0.616. The number of nitrogens with zero attached hydrogens (tertiary/aromatic N) is 1. The Morgan fingerprint density at radius 1 is 1.29 bits per heavy atom. The van der Waals surface area contributed by atoms with Gasteiger partial charge in [0.15, 0.2) is 0 Å².